The summed E-state index contributed by atoms with van der Waals surface area (Å²) in [4.78, 5) is 15.1. The smallest absolute Gasteiger partial charge is 0.524 e. The molecule has 0 spiro atoms. The Bertz CT molecular complexity index is 2710. The zero-order valence-electron chi connectivity index (χ0n) is 35.2. The van der Waals surface area contributed by atoms with Crippen molar-refractivity contribution in [2.24, 2.45) is 4.99 Å². The Kier molecular flexibility index (Phi) is 7.52. The number of pyridine rings is 2. The molecule has 2 atom stereocenters. The molecule has 9 rings (SSSR count). The number of aryl methyl sites for hydroxylation is 2. The predicted octanol–water partition coefficient (Wildman–Crippen LogP) is 11.0. The summed E-state index contributed by atoms with van der Waals surface area (Å²) in [6.45, 7) is 25.4. The van der Waals surface area contributed by atoms with Gasteiger partial charge in [-0.05, 0) is 89.6 Å². The first-order chi connectivity index (χ1) is 25.7. The average Bonchev–Trinajstić information content (AvgIpc) is 3.63. The summed E-state index contributed by atoms with van der Waals surface area (Å²) in [5.74, 6) is 2.28. The summed E-state index contributed by atoms with van der Waals surface area (Å²) in [6.07, 6.45) is 0.0644. The van der Waals surface area contributed by atoms with Crippen molar-refractivity contribution in [1.29, 1.82) is 0 Å². The SMILES string of the molecule is [2H]C1([2H])c2c(ccc(C)c2C)[C@@]2(C)N=C(c3[c-]c(Oc4[c-]c5c(cc4C)c4cc(C(C)(C)C)cc6c4n5-c4ncccc4C6(C)C)cc(C(C)C)n3)O[C@@]12C.[Pt+2]. The molecule has 6 aromatic rings. The largest absolute Gasteiger partial charge is 2.00 e. The first-order valence-corrected chi connectivity index (χ1v) is 18.7. The third-order valence-corrected chi connectivity index (χ3v) is 12.2. The van der Waals surface area contributed by atoms with Gasteiger partial charge in [0.1, 0.15) is 22.9 Å². The van der Waals surface area contributed by atoms with Gasteiger partial charge in [0.25, 0.3) is 0 Å². The fourth-order valence-electron chi connectivity index (χ4n) is 8.48. The minimum Gasteiger partial charge on any atom is -0.524 e. The van der Waals surface area contributed by atoms with Crippen LogP contribution in [0.3, 0.4) is 0 Å². The zero-order valence-corrected chi connectivity index (χ0v) is 35.5. The fourth-order valence-corrected chi connectivity index (χ4v) is 8.48. The summed E-state index contributed by atoms with van der Waals surface area (Å²) in [6, 6.07) is 24.2. The summed E-state index contributed by atoms with van der Waals surface area (Å²) in [5, 5.41) is 2.29. The molecular weight excluding hydrogens is 848 g/mol. The van der Waals surface area contributed by atoms with Crippen molar-refractivity contribution in [3.8, 4) is 17.3 Å². The van der Waals surface area contributed by atoms with E-state index in [2.05, 4.69) is 96.4 Å². The molecule has 0 radical (unpaired) electrons. The second-order valence-corrected chi connectivity index (χ2v) is 17.5. The van der Waals surface area contributed by atoms with Gasteiger partial charge in [-0.3, -0.25) is 9.98 Å². The van der Waals surface area contributed by atoms with Crippen molar-refractivity contribution in [3.63, 3.8) is 0 Å². The number of nitrogens with zero attached hydrogens (tertiary/aromatic N) is 4. The average molecular weight is 898 g/mol. The van der Waals surface area contributed by atoms with Gasteiger partial charge in [-0.15, -0.1) is 23.1 Å². The summed E-state index contributed by atoms with van der Waals surface area (Å²) in [7, 11) is 0. The van der Waals surface area contributed by atoms with Crippen LogP contribution in [0.4, 0.5) is 0 Å². The Labute approximate surface area is 336 Å². The van der Waals surface area contributed by atoms with E-state index in [0.29, 0.717) is 22.8 Å². The van der Waals surface area contributed by atoms with Crippen LogP contribution in [-0.4, -0.2) is 26.0 Å². The molecule has 1 aliphatic carbocycles. The van der Waals surface area contributed by atoms with Crippen molar-refractivity contribution in [2.45, 2.75) is 117 Å². The molecule has 278 valence electrons. The van der Waals surface area contributed by atoms with Crippen LogP contribution in [0.5, 0.6) is 11.5 Å². The van der Waals surface area contributed by atoms with Gasteiger partial charge in [-0.25, -0.2) is 4.98 Å². The molecule has 7 heteroatoms. The van der Waals surface area contributed by atoms with Crippen LogP contribution in [0.2, 0.25) is 0 Å². The van der Waals surface area contributed by atoms with E-state index in [1.54, 1.807) is 0 Å². The number of aromatic nitrogens is 3. The Hall–Kier alpha value is -4.28. The Morgan fingerprint density at radius 3 is 2.41 bits per heavy atom. The van der Waals surface area contributed by atoms with Gasteiger partial charge in [0, 0.05) is 49.0 Å². The van der Waals surface area contributed by atoms with E-state index >= 15 is 0 Å². The first kappa shape index (κ1) is 34.2. The van der Waals surface area contributed by atoms with Crippen LogP contribution >= 0.6 is 0 Å². The van der Waals surface area contributed by atoms with Gasteiger partial charge in [0.05, 0.1) is 0 Å². The number of hydrogen-bond acceptors (Lipinski definition) is 5. The first-order valence-electron chi connectivity index (χ1n) is 19.7. The van der Waals surface area contributed by atoms with Crippen molar-refractivity contribution < 1.29 is 33.3 Å². The Balaban J connectivity index is 0.00000441. The van der Waals surface area contributed by atoms with E-state index in [-0.39, 0.29) is 43.7 Å². The number of benzene rings is 3. The normalized spacial score (nSPS) is 22.2. The molecule has 0 amide bonds. The van der Waals surface area contributed by atoms with E-state index in [1.165, 1.54) is 22.1 Å². The van der Waals surface area contributed by atoms with Crippen molar-refractivity contribution in [2.75, 3.05) is 0 Å². The number of aliphatic imine (C=N–C) groups is 1. The summed E-state index contributed by atoms with van der Waals surface area (Å²) >= 11 is 0. The van der Waals surface area contributed by atoms with Crippen molar-refractivity contribution in [3.05, 3.63) is 123 Å². The van der Waals surface area contributed by atoms with Gasteiger partial charge in [-0.1, -0.05) is 97.3 Å². The number of rotatable bonds is 4. The van der Waals surface area contributed by atoms with Crippen LogP contribution in [0.15, 0.2) is 59.7 Å². The van der Waals surface area contributed by atoms with E-state index in [1.807, 2.05) is 58.2 Å². The van der Waals surface area contributed by atoms with E-state index in [0.717, 1.165) is 50.2 Å². The molecule has 54 heavy (non-hydrogen) atoms. The number of hydrogen-bond donors (Lipinski definition) is 0. The molecule has 0 unspecified atom stereocenters. The quantitative estimate of drug-likeness (QED) is 0.165. The molecule has 3 aromatic heterocycles. The minimum atomic E-state index is -1.80. The number of fused-ring (bicyclic) bond motifs is 8. The van der Waals surface area contributed by atoms with E-state index < -0.39 is 17.5 Å². The monoisotopic (exact) mass is 897 g/mol. The predicted molar refractivity (Wildman–Crippen MR) is 213 cm³/mol. The molecule has 0 fully saturated rings. The number of ether oxygens (including phenoxy) is 2. The van der Waals surface area contributed by atoms with E-state index in [9.17, 15) is 2.74 Å². The maximum absolute atomic E-state index is 9.40. The van der Waals surface area contributed by atoms with Crippen LogP contribution < -0.4 is 4.74 Å². The van der Waals surface area contributed by atoms with E-state index in [4.69, 9.17) is 24.4 Å². The molecule has 0 N–H and O–H groups in total. The van der Waals surface area contributed by atoms with Gasteiger partial charge in [0.2, 0.25) is 0 Å². The van der Waals surface area contributed by atoms with Gasteiger partial charge >= 0.3 is 21.1 Å². The van der Waals surface area contributed by atoms with Crippen LogP contribution in [-0.2, 0) is 48.5 Å². The molecular formula is C47H48N4O2Pt. The zero-order chi connectivity index (χ0) is 39.4. The third-order valence-electron chi connectivity index (χ3n) is 12.2. The van der Waals surface area contributed by atoms with Gasteiger partial charge in [-0.2, -0.15) is 6.07 Å². The second kappa shape index (κ2) is 11.9. The van der Waals surface area contributed by atoms with Crippen molar-refractivity contribution >= 4 is 27.7 Å². The fraction of sp³-hybridized carbons (Fsp3) is 0.383. The molecule has 5 heterocycles. The summed E-state index contributed by atoms with van der Waals surface area (Å²) in [5.41, 5.74) is 8.83. The van der Waals surface area contributed by atoms with Crippen LogP contribution in [0, 0.1) is 32.9 Å². The topological polar surface area (TPSA) is 61.5 Å². The van der Waals surface area contributed by atoms with Crippen molar-refractivity contribution in [1.82, 2.24) is 14.5 Å². The second-order valence-electron chi connectivity index (χ2n) is 17.5. The maximum atomic E-state index is 9.40. The molecule has 0 bridgehead atoms. The third kappa shape index (κ3) is 5.04. The standard InChI is InChI=1S/C47H48N4O2.Pt/c1-25(2)37-21-30(22-38(49-37)43-50-47(12)34-16-15-26(3)28(5)33(34)24-46(47,11)53-43)52-40-23-39-31(18-27(40)4)32-19-29(44(6,7)8)20-36-41(32)51(39)42-35(45(36,9)10)14-13-17-48-42;/h13-21,25H,24H2,1-12H3;/q-2;+2/t46-,47+;/m0./s1/i24D2;. The summed E-state index contributed by atoms with van der Waals surface area (Å²) < 4.78 is 34.5. The van der Waals surface area contributed by atoms with Crippen LogP contribution in [0.25, 0.3) is 27.6 Å². The molecule has 0 saturated carbocycles. The Morgan fingerprint density at radius 2 is 1.69 bits per heavy atom. The molecule has 3 aromatic carbocycles. The van der Waals surface area contributed by atoms with Gasteiger partial charge < -0.3 is 14.0 Å². The minimum absolute atomic E-state index is 0. The van der Waals surface area contributed by atoms with Crippen LogP contribution in [0.1, 0.15) is 127 Å². The van der Waals surface area contributed by atoms with Gasteiger partial charge in [0.15, 0.2) is 0 Å². The maximum Gasteiger partial charge on any atom is 2.00 e. The molecule has 6 nitrogen and oxygen atoms in total. The molecule has 3 aliphatic rings. The molecule has 0 saturated heterocycles. The molecule has 2 aliphatic heterocycles. The Morgan fingerprint density at radius 1 is 0.926 bits per heavy atom.